The highest BCUT2D eigenvalue weighted by atomic mass is 16.5. The number of pyridine rings is 2. The van der Waals surface area contributed by atoms with E-state index in [1.54, 1.807) is 18.3 Å². The third-order valence-electron chi connectivity index (χ3n) is 4.19. The minimum absolute atomic E-state index is 0.317. The van der Waals surface area contributed by atoms with E-state index in [4.69, 9.17) is 20.7 Å². The summed E-state index contributed by atoms with van der Waals surface area (Å²) >= 11 is 0. The Hall–Kier alpha value is -3.87. The Morgan fingerprint density at radius 3 is 2.54 bits per heavy atom. The first-order valence-electron chi connectivity index (χ1n) is 8.77. The summed E-state index contributed by atoms with van der Waals surface area (Å²) in [6.45, 7) is 0.434. The van der Waals surface area contributed by atoms with Crippen molar-refractivity contribution in [1.82, 2.24) is 15.1 Å². The van der Waals surface area contributed by atoms with Crippen molar-refractivity contribution in [1.29, 1.82) is 0 Å². The number of anilines is 2. The van der Waals surface area contributed by atoms with E-state index >= 15 is 0 Å². The molecular weight excluding hydrogens is 354 g/mol. The second-order valence-corrected chi connectivity index (χ2v) is 6.28. The zero-order chi connectivity index (χ0) is 19.3. The summed E-state index contributed by atoms with van der Waals surface area (Å²) in [5.41, 5.74) is 15.0. The Morgan fingerprint density at radius 2 is 1.79 bits per heavy atom. The normalized spacial score (nSPS) is 10.7. The summed E-state index contributed by atoms with van der Waals surface area (Å²) in [5.74, 6) is 2.04. The molecule has 1 aromatic carbocycles. The fourth-order valence-electron chi connectivity index (χ4n) is 2.77. The summed E-state index contributed by atoms with van der Waals surface area (Å²) in [5, 5.41) is 4.12. The fraction of sp³-hybridized carbons (Fsp3) is 0.0952. The maximum Gasteiger partial charge on any atom is 0.170 e. The van der Waals surface area contributed by atoms with Crippen LogP contribution in [-0.2, 0) is 13.0 Å². The molecule has 4 rings (SSSR count). The summed E-state index contributed by atoms with van der Waals surface area (Å²) in [4.78, 5) is 8.28. The number of aromatic nitrogens is 3. The second kappa shape index (κ2) is 7.79. The maximum atomic E-state index is 5.91. The number of nitrogens with zero attached hydrogens (tertiary/aromatic N) is 3. The lowest BCUT2D eigenvalue weighted by Gasteiger charge is -2.06. The molecule has 140 valence electrons. The van der Waals surface area contributed by atoms with Crippen LogP contribution in [0.3, 0.4) is 0 Å². The van der Waals surface area contributed by atoms with Gasteiger partial charge in [0.2, 0.25) is 0 Å². The molecule has 0 spiro atoms. The molecule has 0 fully saturated rings. The van der Waals surface area contributed by atoms with Crippen molar-refractivity contribution in [3.8, 4) is 17.1 Å². The van der Waals surface area contributed by atoms with Gasteiger partial charge in [0.05, 0.1) is 17.0 Å². The van der Waals surface area contributed by atoms with Crippen LogP contribution in [0.25, 0.3) is 11.3 Å². The molecule has 28 heavy (non-hydrogen) atoms. The Kier molecular flexibility index (Phi) is 4.88. The number of ether oxygens (including phenoxy) is 1. The Balaban J connectivity index is 1.40. The molecule has 0 aliphatic carbocycles. The lowest BCUT2D eigenvalue weighted by Crippen LogP contribution is -1.97. The van der Waals surface area contributed by atoms with Crippen LogP contribution >= 0.6 is 0 Å². The van der Waals surface area contributed by atoms with E-state index in [0.717, 1.165) is 22.7 Å². The highest BCUT2D eigenvalue weighted by Crippen LogP contribution is 2.26. The number of hydrogen-bond donors (Lipinski definition) is 2. The average Bonchev–Trinajstić information content (AvgIpc) is 3.16. The minimum Gasteiger partial charge on any atom is -0.487 e. The Morgan fingerprint density at radius 1 is 0.929 bits per heavy atom. The van der Waals surface area contributed by atoms with E-state index in [2.05, 4.69) is 15.1 Å². The summed E-state index contributed by atoms with van der Waals surface area (Å²) < 4.78 is 11.2. The first-order chi connectivity index (χ1) is 13.7. The summed E-state index contributed by atoms with van der Waals surface area (Å²) in [7, 11) is 0. The summed E-state index contributed by atoms with van der Waals surface area (Å²) in [6, 6.07) is 18.9. The molecule has 3 heterocycles. The molecule has 7 heteroatoms. The molecule has 4 N–H and O–H groups in total. The maximum absolute atomic E-state index is 5.91. The summed E-state index contributed by atoms with van der Waals surface area (Å²) in [6.07, 6.45) is 2.38. The average molecular weight is 373 g/mol. The van der Waals surface area contributed by atoms with Crippen molar-refractivity contribution in [3.05, 3.63) is 83.8 Å². The first kappa shape index (κ1) is 17.5. The van der Waals surface area contributed by atoms with E-state index in [1.165, 1.54) is 0 Å². The molecule has 0 saturated carbocycles. The van der Waals surface area contributed by atoms with Gasteiger partial charge in [0.15, 0.2) is 5.76 Å². The van der Waals surface area contributed by atoms with Crippen LogP contribution in [0, 0.1) is 0 Å². The topological polar surface area (TPSA) is 113 Å². The molecule has 0 radical (unpaired) electrons. The van der Waals surface area contributed by atoms with E-state index in [9.17, 15) is 0 Å². The van der Waals surface area contributed by atoms with Crippen LogP contribution < -0.4 is 16.2 Å². The predicted molar refractivity (Wildman–Crippen MR) is 106 cm³/mol. The van der Waals surface area contributed by atoms with Gasteiger partial charge in [-0.05, 0) is 42.0 Å². The molecule has 0 atom stereocenters. The monoisotopic (exact) mass is 373 g/mol. The quantitative estimate of drug-likeness (QED) is 0.532. The zero-order valence-electron chi connectivity index (χ0n) is 15.1. The number of hydrogen-bond acceptors (Lipinski definition) is 7. The molecule has 0 aliphatic rings. The largest absolute Gasteiger partial charge is 0.487 e. The van der Waals surface area contributed by atoms with Crippen molar-refractivity contribution in [2.24, 2.45) is 0 Å². The van der Waals surface area contributed by atoms with E-state index in [-0.39, 0.29) is 0 Å². The SMILES string of the molecule is Nc1ccc(-c2cc(Cc3ccc(OCc4ccccn4)cc3)no2)c(N)n1. The van der Waals surface area contributed by atoms with Crippen LogP contribution in [0.2, 0.25) is 0 Å². The van der Waals surface area contributed by atoms with Gasteiger partial charge >= 0.3 is 0 Å². The van der Waals surface area contributed by atoms with Gasteiger partial charge in [-0.1, -0.05) is 23.4 Å². The molecule has 0 bridgehead atoms. The molecule has 0 amide bonds. The molecule has 0 saturated heterocycles. The zero-order valence-corrected chi connectivity index (χ0v) is 15.1. The third kappa shape index (κ3) is 4.09. The smallest absolute Gasteiger partial charge is 0.170 e. The number of benzene rings is 1. The molecule has 0 aliphatic heterocycles. The standard InChI is InChI=1S/C21H19N5O2/c22-20-9-8-18(21(23)25-20)19-12-16(26-28-19)11-14-4-6-17(7-5-14)27-13-15-3-1-2-10-24-15/h1-10,12H,11,13H2,(H4,22,23,25). The van der Waals surface area contributed by atoms with Gasteiger partial charge in [-0.25, -0.2) is 4.98 Å². The second-order valence-electron chi connectivity index (χ2n) is 6.28. The van der Waals surface area contributed by atoms with Crippen LogP contribution in [0.5, 0.6) is 5.75 Å². The molecule has 4 aromatic rings. The van der Waals surface area contributed by atoms with Gasteiger partial charge in [-0.2, -0.15) is 0 Å². The van der Waals surface area contributed by atoms with E-state index in [1.807, 2.05) is 48.5 Å². The van der Waals surface area contributed by atoms with Crippen LogP contribution in [0.4, 0.5) is 11.6 Å². The highest BCUT2D eigenvalue weighted by molar-refractivity contribution is 5.71. The van der Waals surface area contributed by atoms with E-state index in [0.29, 0.717) is 36.0 Å². The highest BCUT2D eigenvalue weighted by Gasteiger charge is 2.11. The van der Waals surface area contributed by atoms with Crippen molar-refractivity contribution in [3.63, 3.8) is 0 Å². The van der Waals surface area contributed by atoms with Crippen molar-refractivity contribution in [2.75, 3.05) is 11.5 Å². The molecular formula is C21H19N5O2. The lowest BCUT2D eigenvalue weighted by atomic mass is 10.1. The van der Waals surface area contributed by atoms with Crippen molar-refractivity contribution < 1.29 is 9.26 Å². The molecule has 0 unspecified atom stereocenters. The lowest BCUT2D eigenvalue weighted by molar-refractivity contribution is 0.301. The Labute approximate surface area is 162 Å². The van der Waals surface area contributed by atoms with Gasteiger partial charge < -0.3 is 20.7 Å². The van der Waals surface area contributed by atoms with E-state index < -0.39 is 0 Å². The fourth-order valence-corrected chi connectivity index (χ4v) is 2.77. The van der Waals surface area contributed by atoms with Crippen molar-refractivity contribution >= 4 is 11.6 Å². The van der Waals surface area contributed by atoms with Crippen LogP contribution in [0.15, 0.2) is 71.4 Å². The Bertz CT molecular complexity index is 1060. The number of nitrogens with two attached hydrogens (primary N) is 2. The first-order valence-corrected chi connectivity index (χ1v) is 8.77. The molecule has 7 nitrogen and oxygen atoms in total. The van der Waals surface area contributed by atoms with Crippen LogP contribution in [0.1, 0.15) is 17.0 Å². The minimum atomic E-state index is 0.317. The number of nitrogen functional groups attached to an aromatic ring is 2. The third-order valence-corrected chi connectivity index (χ3v) is 4.19. The molecule has 3 aromatic heterocycles. The van der Waals surface area contributed by atoms with Gasteiger partial charge in [-0.3, -0.25) is 4.98 Å². The predicted octanol–water partition coefficient (Wildman–Crippen LogP) is 3.47. The van der Waals surface area contributed by atoms with Gasteiger partial charge in [-0.15, -0.1) is 0 Å². The van der Waals surface area contributed by atoms with Crippen molar-refractivity contribution in [2.45, 2.75) is 13.0 Å². The number of rotatable bonds is 6. The van der Waals surface area contributed by atoms with Gasteiger partial charge in [0, 0.05) is 18.7 Å². The van der Waals surface area contributed by atoms with Gasteiger partial charge in [0.1, 0.15) is 24.0 Å². The van der Waals surface area contributed by atoms with Gasteiger partial charge in [0.25, 0.3) is 0 Å². The van der Waals surface area contributed by atoms with Crippen LogP contribution in [-0.4, -0.2) is 15.1 Å².